The van der Waals surface area contributed by atoms with Gasteiger partial charge in [0.25, 0.3) is 5.91 Å². The van der Waals surface area contributed by atoms with E-state index in [1.807, 2.05) is 40.2 Å². The number of carbonyl (C=O) groups is 1. The molecule has 0 saturated carbocycles. The van der Waals surface area contributed by atoms with Gasteiger partial charge in [0.15, 0.2) is 0 Å². The monoisotopic (exact) mass is 405 g/mol. The van der Waals surface area contributed by atoms with Crippen LogP contribution < -0.4 is 4.90 Å². The molecule has 3 aromatic rings. The number of fused-ring (bicyclic) bond motifs is 1. The fourth-order valence-electron chi connectivity index (χ4n) is 4.57. The average Bonchev–Trinajstić information content (AvgIpc) is 3.49. The number of nitrogens with zero attached hydrogens (tertiary/aromatic N) is 6. The number of anilines is 1. The van der Waals surface area contributed by atoms with Crippen molar-refractivity contribution >= 4 is 11.7 Å². The Morgan fingerprint density at radius 2 is 2.17 bits per heavy atom. The van der Waals surface area contributed by atoms with Gasteiger partial charge in [-0.1, -0.05) is 0 Å². The molecule has 1 saturated heterocycles. The molecule has 0 spiro atoms. The topological polar surface area (TPSA) is 82.9 Å². The minimum absolute atomic E-state index is 0.0926. The van der Waals surface area contributed by atoms with Gasteiger partial charge in [0.2, 0.25) is 0 Å². The smallest absolute Gasteiger partial charge is 0.255 e. The Morgan fingerprint density at radius 1 is 1.20 bits per heavy atom. The van der Waals surface area contributed by atoms with Crippen molar-refractivity contribution in [1.29, 1.82) is 0 Å². The summed E-state index contributed by atoms with van der Waals surface area (Å²) in [6, 6.07) is 6.10. The molecule has 1 atom stereocenters. The number of hydrogen-bond acceptors (Lipinski definition) is 5. The molecule has 5 heterocycles. The van der Waals surface area contributed by atoms with E-state index in [0.29, 0.717) is 5.56 Å². The van der Waals surface area contributed by atoms with Gasteiger partial charge in [-0.25, -0.2) is 4.98 Å². The zero-order chi connectivity index (χ0) is 20.3. The minimum Gasteiger partial charge on any atom is -0.352 e. The Hall–Kier alpha value is -3.16. The van der Waals surface area contributed by atoms with Gasteiger partial charge in [0, 0.05) is 68.5 Å². The summed E-state index contributed by atoms with van der Waals surface area (Å²) in [5.74, 6) is 1.00. The quantitative estimate of drug-likeness (QED) is 0.706. The molecule has 0 aliphatic carbocycles. The summed E-state index contributed by atoms with van der Waals surface area (Å²) in [5, 5.41) is 11.5. The van der Waals surface area contributed by atoms with Crippen molar-refractivity contribution in [3.05, 3.63) is 59.8 Å². The summed E-state index contributed by atoms with van der Waals surface area (Å²) in [6.45, 7) is 3.36. The van der Waals surface area contributed by atoms with Crippen LogP contribution in [0.4, 0.5) is 5.82 Å². The molecular formula is C22H27N7O. The Morgan fingerprint density at radius 3 is 3.00 bits per heavy atom. The van der Waals surface area contributed by atoms with Crippen LogP contribution in [0.2, 0.25) is 0 Å². The van der Waals surface area contributed by atoms with Crippen LogP contribution >= 0.6 is 0 Å². The van der Waals surface area contributed by atoms with Crippen molar-refractivity contribution < 1.29 is 4.79 Å². The first-order valence-corrected chi connectivity index (χ1v) is 10.8. The van der Waals surface area contributed by atoms with Gasteiger partial charge in [0.05, 0.1) is 11.8 Å². The first-order valence-electron chi connectivity index (χ1n) is 10.8. The largest absolute Gasteiger partial charge is 0.352 e. The van der Waals surface area contributed by atoms with E-state index in [1.165, 1.54) is 17.7 Å². The van der Waals surface area contributed by atoms with Crippen molar-refractivity contribution in [2.75, 3.05) is 18.0 Å². The van der Waals surface area contributed by atoms with E-state index in [0.717, 1.165) is 57.7 Å². The standard InChI is InChI=1S/C22H27N7O/c30-22(29-11-2-1-4-19(29)7-13-28-10-3-9-25-28)17-5-6-21(23-14-17)27-12-8-20-18(16-27)15-24-26-20/h3,5-6,9-10,14-15,19H,1-2,4,7-8,11-13,16H2,(H,24,26)/t19-/m0/s1. The molecule has 2 aliphatic heterocycles. The number of aromatic amines is 1. The van der Waals surface area contributed by atoms with Gasteiger partial charge in [0.1, 0.15) is 5.82 Å². The molecule has 8 heteroatoms. The lowest BCUT2D eigenvalue weighted by Crippen LogP contribution is -2.44. The third-order valence-electron chi connectivity index (χ3n) is 6.26. The van der Waals surface area contributed by atoms with E-state index in [9.17, 15) is 4.79 Å². The summed E-state index contributed by atoms with van der Waals surface area (Å²) in [7, 11) is 0. The average molecular weight is 406 g/mol. The Balaban J connectivity index is 1.25. The maximum atomic E-state index is 13.2. The molecule has 1 N–H and O–H groups in total. The maximum absolute atomic E-state index is 13.2. The molecule has 8 nitrogen and oxygen atoms in total. The van der Waals surface area contributed by atoms with Crippen LogP contribution in [0.3, 0.4) is 0 Å². The predicted molar refractivity (Wildman–Crippen MR) is 113 cm³/mol. The van der Waals surface area contributed by atoms with Crippen molar-refractivity contribution in [3.8, 4) is 0 Å². The number of likely N-dealkylation sites (tertiary alicyclic amines) is 1. The molecule has 5 rings (SSSR count). The zero-order valence-electron chi connectivity index (χ0n) is 17.1. The summed E-state index contributed by atoms with van der Waals surface area (Å²) < 4.78 is 1.94. The minimum atomic E-state index is 0.0926. The molecule has 0 radical (unpaired) electrons. The number of piperidine rings is 1. The van der Waals surface area contributed by atoms with Crippen LogP contribution in [0, 0.1) is 0 Å². The fraction of sp³-hybridized carbons (Fsp3) is 0.455. The Labute approximate surface area is 175 Å². The third kappa shape index (κ3) is 3.81. The van der Waals surface area contributed by atoms with Gasteiger partial charge >= 0.3 is 0 Å². The Kier molecular flexibility index (Phi) is 5.21. The van der Waals surface area contributed by atoms with Crippen molar-refractivity contribution in [1.82, 2.24) is 29.9 Å². The second kappa shape index (κ2) is 8.30. The highest BCUT2D eigenvalue weighted by Crippen LogP contribution is 2.24. The third-order valence-corrected chi connectivity index (χ3v) is 6.26. The lowest BCUT2D eigenvalue weighted by Gasteiger charge is -2.36. The van der Waals surface area contributed by atoms with Crippen LogP contribution in [-0.2, 0) is 19.5 Å². The molecule has 30 heavy (non-hydrogen) atoms. The highest BCUT2D eigenvalue weighted by atomic mass is 16.2. The van der Waals surface area contributed by atoms with E-state index >= 15 is 0 Å². The highest BCUT2D eigenvalue weighted by Gasteiger charge is 2.28. The van der Waals surface area contributed by atoms with E-state index in [-0.39, 0.29) is 11.9 Å². The summed E-state index contributed by atoms with van der Waals surface area (Å²) >= 11 is 0. The first-order chi connectivity index (χ1) is 14.8. The number of aromatic nitrogens is 5. The normalized spacial score (nSPS) is 19.0. The van der Waals surface area contributed by atoms with E-state index < -0.39 is 0 Å². The number of nitrogens with one attached hydrogen (secondary N) is 1. The molecular weight excluding hydrogens is 378 g/mol. The van der Waals surface area contributed by atoms with Gasteiger partial charge in [-0.05, 0) is 43.9 Å². The SMILES string of the molecule is O=C(c1ccc(N2CCc3[nH]ncc3C2)nc1)N1CCCC[C@H]1CCn1cccn1. The number of rotatable bonds is 5. The molecule has 3 aromatic heterocycles. The highest BCUT2D eigenvalue weighted by molar-refractivity contribution is 5.94. The lowest BCUT2D eigenvalue weighted by molar-refractivity contribution is 0.0593. The van der Waals surface area contributed by atoms with Gasteiger partial charge in [-0.2, -0.15) is 10.2 Å². The first kappa shape index (κ1) is 18.8. The molecule has 0 bridgehead atoms. The lowest BCUT2D eigenvalue weighted by atomic mass is 9.98. The van der Waals surface area contributed by atoms with Crippen LogP contribution in [-0.4, -0.2) is 54.9 Å². The van der Waals surface area contributed by atoms with Gasteiger partial charge < -0.3 is 9.80 Å². The molecule has 1 fully saturated rings. The maximum Gasteiger partial charge on any atom is 0.255 e. The molecule has 1 amide bonds. The second-order valence-electron chi connectivity index (χ2n) is 8.16. The molecule has 156 valence electrons. The van der Waals surface area contributed by atoms with E-state index in [2.05, 4.69) is 25.2 Å². The van der Waals surface area contributed by atoms with Crippen molar-refractivity contribution in [3.63, 3.8) is 0 Å². The number of amides is 1. The van der Waals surface area contributed by atoms with Crippen molar-refractivity contribution in [2.45, 2.75) is 51.2 Å². The van der Waals surface area contributed by atoms with Crippen LogP contribution in [0.1, 0.15) is 47.3 Å². The van der Waals surface area contributed by atoms with Crippen LogP contribution in [0.15, 0.2) is 43.0 Å². The molecule has 0 unspecified atom stereocenters. The molecule has 0 aromatic carbocycles. The number of aryl methyl sites for hydroxylation is 1. The molecule has 2 aliphatic rings. The summed E-state index contributed by atoms with van der Waals surface area (Å²) in [4.78, 5) is 22.1. The van der Waals surface area contributed by atoms with E-state index in [4.69, 9.17) is 0 Å². The van der Waals surface area contributed by atoms with Gasteiger partial charge in [-0.3, -0.25) is 14.6 Å². The van der Waals surface area contributed by atoms with Crippen molar-refractivity contribution in [2.24, 2.45) is 0 Å². The van der Waals surface area contributed by atoms with Crippen LogP contribution in [0.5, 0.6) is 0 Å². The number of pyridine rings is 1. The van der Waals surface area contributed by atoms with Gasteiger partial charge in [-0.15, -0.1) is 0 Å². The van der Waals surface area contributed by atoms with E-state index in [1.54, 1.807) is 12.4 Å². The number of H-pyrrole nitrogens is 1. The Bertz CT molecular complexity index is 979. The zero-order valence-corrected chi connectivity index (χ0v) is 17.1. The summed E-state index contributed by atoms with van der Waals surface area (Å²) in [5.41, 5.74) is 3.10. The number of hydrogen-bond donors (Lipinski definition) is 1. The van der Waals surface area contributed by atoms with Crippen LogP contribution in [0.25, 0.3) is 0 Å². The fourth-order valence-corrected chi connectivity index (χ4v) is 4.57. The summed E-state index contributed by atoms with van der Waals surface area (Å²) in [6.07, 6.45) is 12.6. The second-order valence-corrected chi connectivity index (χ2v) is 8.16. The number of carbonyl (C=O) groups excluding carboxylic acids is 1. The predicted octanol–water partition coefficient (Wildman–Crippen LogP) is 2.65.